The van der Waals surface area contributed by atoms with Crippen LogP contribution >= 0.6 is 11.6 Å². The van der Waals surface area contributed by atoms with E-state index in [-0.39, 0.29) is 0 Å². The first-order valence-corrected chi connectivity index (χ1v) is 5.04. The Morgan fingerprint density at radius 2 is 2.31 bits per heavy atom. The maximum atomic E-state index is 6.01. The summed E-state index contributed by atoms with van der Waals surface area (Å²) >= 11 is 6.01. The molecule has 0 aliphatic carbocycles. The molecule has 0 aliphatic heterocycles. The van der Waals surface area contributed by atoms with Crippen molar-refractivity contribution in [2.24, 2.45) is 11.6 Å². The predicted molar refractivity (Wildman–Crippen MR) is 65.2 cm³/mol. The Morgan fingerprint density at radius 1 is 1.56 bits per heavy atom. The Morgan fingerprint density at radius 3 is 3.00 bits per heavy atom. The van der Waals surface area contributed by atoms with Crippen molar-refractivity contribution in [3.63, 3.8) is 0 Å². The lowest BCUT2D eigenvalue weighted by Crippen LogP contribution is -2.20. The predicted octanol–water partition coefficient (Wildman–Crippen LogP) is 1.28. The first-order valence-electron chi connectivity index (χ1n) is 4.66. The Labute approximate surface area is 97.6 Å². The van der Waals surface area contributed by atoms with E-state index in [4.69, 9.17) is 23.2 Å². The minimum Gasteiger partial charge on any atom is -0.397 e. The normalized spacial score (nSPS) is 12.1. The van der Waals surface area contributed by atoms with Gasteiger partial charge in [0.25, 0.3) is 0 Å². The second-order valence-electron chi connectivity index (χ2n) is 3.50. The van der Waals surface area contributed by atoms with Crippen LogP contribution in [0.4, 0.5) is 0 Å². The van der Waals surface area contributed by atoms with Gasteiger partial charge in [-0.15, -0.1) is 0 Å². The highest BCUT2D eigenvalue weighted by Gasteiger charge is 2.08. The van der Waals surface area contributed by atoms with Crippen LogP contribution < -0.4 is 11.6 Å². The van der Waals surface area contributed by atoms with Crippen LogP contribution in [0.1, 0.15) is 5.56 Å². The lowest BCUT2D eigenvalue weighted by molar-refractivity contribution is 0.486. The minimum absolute atomic E-state index is 0.563. The molecule has 5 nitrogen and oxygen atoms in total. The summed E-state index contributed by atoms with van der Waals surface area (Å²) in [4.78, 5) is 0. The molecule has 1 aromatic carbocycles. The summed E-state index contributed by atoms with van der Waals surface area (Å²) in [5.74, 6) is 5.51. The number of nitrogens with two attached hydrogens (primary N) is 2. The molecule has 6 heteroatoms. The zero-order valence-electron chi connectivity index (χ0n) is 8.74. The van der Waals surface area contributed by atoms with Crippen molar-refractivity contribution in [2.75, 3.05) is 7.05 Å². The fourth-order valence-corrected chi connectivity index (χ4v) is 1.75. The van der Waals surface area contributed by atoms with Gasteiger partial charge in [0.1, 0.15) is 0 Å². The van der Waals surface area contributed by atoms with E-state index < -0.39 is 0 Å². The second kappa shape index (κ2) is 4.03. The van der Waals surface area contributed by atoms with Gasteiger partial charge in [-0.25, -0.2) is 5.84 Å². The summed E-state index contributed by atoms with van der Waals surface area (Å²) < 4.78 is 0. The van der Waals surface area contributed by atoms with Gasteiger partial charge in [-0.3, -0.25) is 5.10 Å². The van der Waals surface area contributed by atoms with Gasteiger partial charge in [0.15, 0.2) is 0 Å². The number of rotatable bonds is 2. The maximum absolute atomic E-state index is 6.01. The van der Waals surface area contributed by atoms with Crippen molar-refractivity contribution < 1.29 is 0 Å². The molecule has 0 fully saturated rings. The SMILES string of the molecule is CN(N)/C=C(\N)c1ccc(Cl)c2[nH]ncc12. The summed E-state index contributed by atoms with van der Waals surface area (Å²) in [5, 5.41) is 9.67. The van der Waals surface area contributed by atoms with Gasteiger partial charge in [0, 0.05) is 24.2 Å². The van der Waals surface area contributed by atoms with Crippen molar-refractivity contribution in [3.8, 4) is 0 Å². The lowest BCUT2D eigenvalue weighted by atomic mass is 10.1. The first-order chi connectivity index (χ1) is 7.59. The third-order valence-corrected chi connectivity index (χ3v) is 2.53. The molecule has 0 aliphatic rings. The van der Waals surface area contributed by atoms with Crippen LogP contribution in [0.2, 0.25) is 5.02 Å². The molecule has 0 atom stereocenters. The number of H-pyrrole nitrogens is 1. The largest absolute Gasteiger partial charge is 0.397 e. The molecule has 2 aromatic rings. The highest BCUT2D eigenvalue weighted by molar-refractivity contribution is 6.35. The molecule has 0 spiro atoms. The summed E-state index contributed by atoms with van der Waals surface area (Å²) in [5.41, 5.74) is 8.11. The van der Waals surface area contributed by atoms with Crippen LogP contribution in [-0.2, 0) is 0 Å². The van der Waals surface area contributed by atoms with E-state index in [2.05, 4.69) is 10.2 Å². The average Bonchev–Trinajstić information content (AvgIpc) is 2.66. The molecule has 2 rings (SSSR count). The van der Waals surface area contributed by atoms with Gasteiger partial charge in [-0.05, 0) is 6.07 Å². The van der Waals surface area contributed by atoms with Gasteiger partial charge >= 0.3 is 0 Å². The molecule has 0 radical (unpaired) electrons. The maximum Gasteiger partial charge on any atom is 0.0843 e. The van der Waals surface area contributed by atoms with Crippen molar-refractivity contribution in [1.29, 1.82) is 0 Å². The molecule has 84 valence electrons. The number of fused-ring (bicyclic) bond motifs is 1. The van der Waals surface area contributed by atoms with Crippen molar-refractivity contribution >= 4 is 28.2 Å². The van der Waals surface area contributed by atoms with Gasteiger partial charge < -0.3 is 10.7 Å². The van der Waals surface area contributed by atoms with Crippen molar-refractivity contribution in [1.82, 2.24) is 15.2 Å². The molecular weight excluding hydrogens is 226 g/mol. The number of hydrogen-bond acceptors (Lipinski definition) is 4. The highest BCUT2D eigenvalue weighted by Crippen LogP contribution is 2.27. The molecule has 5 N–H and O–H groups in total. The number of hydrazine groups is 1. The van der Waals surface area contributed by atoms with Gasteiger partial charge in [0.05, 0.1) is 22.4 Å². The van der Waals surface area contributed by atoms with Crippen molar-refractivity contribution in [3.05, 3.63) is 35.1 Å². The molecule has 16 heavy (non-hydrogen) atoms. The number of nitrogens with zero attached hydrogens (tertiary/aromatic N) is 2. The number of nitrogens with one attached hydrogen (secondary N) is 1. The van der Waals surface area contributed by atoms with Crippen LogP contribution in [0, 0.1) is 0 Å². The Kier molecular flexibility index (Phi) is 2.72. The number of aromatic nitrogens is 2. The molecule has 1 heterocycles. The fourth-order valence-electron chi connectivity index (χ4n) is 1.54. The van der Waals surface area contributed by atoms with E-state index in [1.54, 1.807) is 25.5 Å². The van der Waals surface area contributed by atoms with Gasteiger partial charge in [-0.2, -0.15) is 5.10 Å². The smallest absolute Gasteiger partial charge is 0.0843 e. The van der Waals surface area contributed by atoms with E-state index >= 15 is 0 Å². The quantitative estimate of drug-likeness (QED) is 0.543. The molecule has 0 unspecified atom stereocenters. The second-order valence-corrected chi connectivity index (χ2v) is 3.91. The number of benzene rings is 1. The van der Waals surface area contributed by atoms with E-state index in [0.717, 1.165) is 16.5 Å². The van der Waals surface area contributed by atoms with Gasteiger partial charge in [0.2, 0.25) is 0 Å². The summed E-state index contributed by atoms with van der Waals surface area (Å²) in [6, 6.07) is 3.62. The van der Waals surface area contributed by atoms with E-state index in [0.29, 0.717) is 10.7 Å². The Bertz CT molecular complexity index is 543. The Balaban J connectivity index is 2.62. The van der Waals surface area contributed by atoms with Crippen molar-refractivity contribution in [2.45, 2.75) is 0 Å². The van der Waals surface area contributed by atoms with Gasteiger partial charge in [-0.1, -0.05) is 17.7 Å². The number of aromatic amines is 1. The third kappa shape index (κ3) is 1.82. The molecule has 0 bridgehead atoms. The zero-order chi connectivity index (χ0) is 11.7. The first kappa shape index (κ1) is 10.8. The zero-order valence-corrected chi connectivity index (χ0v) is 9.49. The summed E-state index contributed by atoms with van der Waals surface area (Å²) in [6.07, 6.45) is 3.32. The molecule has 1 aromatic heterocycles. The van der Waals surface area contributed by atoms with E-state index in [9.17, 15) is 0 Å². The van der Waals surface area contributed by atoms with Crippen LogP contribution in [0.5, 0.6) is 0 Å². The molecule has 0 saturated heterocycles. The summed E-state index contributed by atoms with van der Waals surface area (Å²) in [6.45, 7) is 0. The number of halogens is 1. The molecule has 0 saturated carbocycles. The monoisotopic (exact) mass is 237 g/mol. The topological polar surface area (TPSA) is 84.0 Å². The van der Waals surface area contributed by atoms with Crippen LogP contribution in [0.3, 0.4) is 0 Å². The minimum atomic E-state index is 0.563. The average molecular weight is 238 g/mol. The standard InChI is InChI=1S/C10H12ClN5/c1-16(13)5-9(12)6-2-3-8(11)10-7(6)4-14-15-10/h2-5H,12-13H2,1H3,(H,14,15)/b9-5-. The van der Waals surface area contributed by atoms with E-state index in [1.165, 1.54) is 5.01 Å². The van der Waals surface area contributed by atoms with Crippen LogP contribution in [-0.4, -0.2) is 22.3 Å². The highest BCUT2D eigenvalue weighted by atomic mass is 35.5. The fraction of sp³-hybridized carbons (Fsp3) is 0.100. The number of hydrogen-bond donors (Lipinski definition) is 3. The van der Waals surface area contributed by atoms with E-state index in [1.807, 2.05) is 6.07 Å². The third-order valence-electron chi connectivity index (χ3n) is 2.22. The van der Waals surface area contributed by atoms with Crippen LogP contribution in [0.25, 0.3) is 16.6 Å². The van der Waals surface area contributed by atoms with Crippen LogP contribution in [0.15, 0.2) is 24.5 Å². The molecular formula is C10H12ClN5. The summed E-state index contributed by atoms with van der Waals surface area (Å²) in [7, 11) is 1.70. The Hall–Kier alpha value is -1.72. The molecule has 0 amide bonds. The lowest BCUT2D eigenvalue weighted by Gasteiger charge is -2.09.